The normalized spacial score (nSPS) is 27.9. The van der Waals surface area contributed by atoms with E-state index in [0.29, 0.717) is 23.1 Å². The summed E-state index contributed by atoms with van der Waals surface area (Å²) in [7, 11) is 0. The van der Waals surface area contributed by atoms with E-state index in [9.17, 15) is 13.2 Å². The van der Waals surface area contributed by atoms with E-state index in [2.05, 4.69) is 28.3 Å². The molecule has 0 spiro atoms. The molecule has 0 aromatic carbocycles. The Bertz CT molecular complexity index is 990. The highest BCUT2D eigenvalue weighted by Gasteiger charge is 2.66. The minimum atomic E-state index is -4.55. The predicted octanol–water partition coefficient (Wildman–Crippen LogP) is 3.81. The minimum absolute atomic E-state index is 0.0343. The third-order valence-electron chi connectivity index (χ3n) is 7.42. The van der Waals surface area contributed by atoms with E-state index in [4.69, 9.17) is 15.5 Å². The first-order chi connectivity index (χ1) is 15.2. The van der Waals surface area contributed by atoms with Crippen LogP contribution in [0.3, 0.4) is 0 Å². The van der Waals surface area contributed by atoms with Gasteiger partial charge in [0.05, 0.1) is 30.0 Å². The standard InChI is InChI=1S/C23H30F3N5O/c1-14(2)7-20-29-19(15-8-17(23(24,25)26)21(27)28-11-15)13-31(20)22-9-16(10-22)18(22)12-30-3-5-32-6-4-30/h8,11,13-14,16,18H,3-7,9-10,12H2,1-2H3,(H2,27,28). The second-order valence-corrected chi connectivity index (χ2v) is 9.96. The maximum absolute atomic E-state index is 13.4. The van der Waals surface area contributed by atoms with Gasteiger partial charge in [-0.1, -0.05) is 13.8 Å². The van der Waals surface area contributed by atoms with Gasteiger partial charge < -0.3 is 15.0 Å². The molecule has 2 aromatic heterocycles. The van der Waals surface area contributed by atoms with Crippen molar-refractivity contribution < 1.29 is 17.9 Å². The van der Waals surface area contributed by atoms with Gasteiger partial charge in [0.15, 0.2) is 0 Å². The lowest BCUT2D eigenvalue weighted by molar-refractivity contribution is -0.186. The molecule has 174 valence electrons. The van der Waals surface area contributed by atoms with Crippen LogP contribution < -0.4 is 5.73 Å². The molecular weight excluding hydrogens is 419 g/mol. The Morgan fingerprint density at radius 2 is 1.97 bits per heavy atom. The summed E-state index contributed by atoms with van der Waals surface area (Å²) < 4.78 is 47.9. The third kappa shape index (κ3) is 3.59. The number of aromatic nitrogens is 3. The van der Waals surface area contributed by atoms with Crippen LogP contribution in [0, 0.1) is 17.8 Å². The van der Waals surface area contributed by atoms with Gasteiger partial charge in [-0.2, -0.15) is 13.2 Å². The van der Waals surface area contributed by atoms with Crippen LogP contribution in [0.25, 0.3) is 11.3 Å². The first-order valence-electron chi connectivity index (χ1n) is 11.4. The Morgan fingerprint density at radius 3 is 2.56 bits per heavy atom. The van der Waals surface area contributed by atoms with Crippen LogP contribution >= 0.6 is 0 Å². The number of nitrogens with zero attached hydrogens (tertiary/aromatic N) is 4. The van der Waals surface area contributed by atoms with Crippen LogP contribution in [0.4, 0.5) is 19.0 Å². The van der Waals surface area contributed by atoms with Gasteiger partial charge in [0.25, 0.3) is 0 Å². The first-order valence-corrected chi connectivity index (χ1v) is 11.4. The second kappa shape index (κ2) is 7.73. The summed E-state index contributed by atoms with van der Waals surface area (Å²) in [4.78, 5) is 11.1. The fourth-order valence-electron chi connectivity index (χ4n) is 5.60. The van der Waals surface area contributed by atoms with Gasteiger partial charge in [-0.3, -0.25) is 4.90 Å². The molecule has 6 rings (SSSR count). The number of nitrogen functional groups attached to an aromatic ring is 1. The van der Waals surface area contributed by atoms with Gasteiger partial charge in [0, 0.05) is 44.0 Å². The first kappa shape index (κ1) is 21.7. The molecule has 6 nitrogen and oxygen atoms in total. The van der Waals surface area contributed by atoms with E-state index in [0.717, 1.165) is 69.9 Å². The van der Waals surface area contributed by atoms with E-state index in [1.165, 1.54) is 6.20 Å². The van der Waals surface area contributed by atoms with Gasteiger partial charge in [0.1, 0.15) is 11.6 Å². The molecule has 9 heteroatoms. The fraction of sp³-hybridized carbons (Fsp3) is 0.652. The van der Waals surface area contributed by atoms with E-state index >= 15 is 0 Å². The van der Waals surface area contributed by atoms with Gasteiger partial charge in [-0.25, -0.2) is 9.97 Å². The van der Waals surface area contributed by atoms with Crippen molar-refractivity contribution in [3.63, 3.8) is 0 Å². The maximum Gasteiger partial charge on any atom is 0.419 e. The van der Waals surface area contributed by atoms with Crippen molar-refractivity contribution in [1.29, 1.82) is 0 Å². The Balaban J connectivity index is 1.47. The van der Waals surface area contributed by atoms with Crippen LogP contribution in [-0.4, -0.2) is 52.3 Å². The molecule has 2 bridgehead atoms. The van der Waals surface area contributed by atoms with Crippen LogP contribution in [0.1, 0.15) is 38.1 Å². The van der Waals surface area contributed by atoms with Crippen LogP contribution in [0.5, 0.6) is 0 Å². The number of alkyl halides is 3. The largest absolute Gasteiger partial charge is 0.419 e. The van der Waals surface area contributed by atoms with Crippen molar-refractivity contribution in [2.24, 2.45) is 17.8 Å². The van der Waals surface area contributed by atoms with Gasteiger partial charge in [-0.05, 0) is 36.7 Å². The summed E-state index contributed by atoms with van der Waals surface area (Å²) >= 11 is 0. The molecule has 4 fully saturated rings. The zero-order valence-corrected chi connectivity index (χ0v) is 18.5. The van der Waals surface area contributed by atoms with Gasteiger partial charge >= 0.3 is 6.18 Å². The summed E-state index contributed by atoms with van der Waals surface area (Å²) in [6, 6.07) is 1.07. The number of hydrogen-bond acceptors (Lipinski definition) is 5. The van der Waals surface area contributed by atoms with Crippen LogP contribution in [0.2, 0.25) is 0 Å². The molecule has 1 saturated heterocycles. The van der Waals surface area contributed by atoms with Crippen molar-refractivity contribution in [1.82, 2.24) is 19.4 Å². The fourth-order valence-corrected chi connectivity index (χ4v) is 5.60. The van der Waals surface area contributed by atoms with Crippen molar-refractivity contribution in [3.8, 4) is 11.3 Å². The van der Waals surface area contributed by atoms with E-state index in [-0.39, 0.29) is 5.54 Å². The summed E-state index contributed by atoms with van der Waals surface area (Å²) in [5.41, 5.74) is 5.51. The molecule has 1 unspecified atom stereocenters. The Labute approximate surface area is 186 Å². The lowest BCUT2D eigenvalue weighted by atomic mass is 9.42. The quantitative estimate of drug-likeness (QED) is 0.726. The number of hydrogen-bond donors (Lipinski definition) is 1. The molecule has 3 aliphatic carbocycles. The maximum atomic E-state index is 13.4. The number of halogens is 3. The number of nitrogens with two attached hydrogens (primary N) is 1. The zero-order valence-electron chi connectivity index (χ0n) is 18.5. The average Bonchev–Trinajstić information content (AvgIpc) is 3.08. The molecule has 3 saturated carbocycles. The topological polar surface area (TPSA) is 69.2 Å². The average molecular weight is 450 g/mol. The summed E-state index contributed by atoms with van der Waals surface area (Å²) in [5.74, 6) is 2.12. The predicted molar refractivity (Wildman–Crippen MR) is 115 cm³/mol. The molecule has 4 aliphatic rings. The van der Waals surface area contributed by atoms with E-state index in [1.807, 2.05) is 6.20 Å². The van der Waals surface area contributed by atoms with Crippen LogP contribution in [0.15, 0.2) is 18.5 Å². The SMILES string of the molecule is CC(C)Cc1nc(-c2cnc(N)c(C(F)(F)F)c2)cn1C12CC(C1)C2CN1CCOCC1. The van der Waals surface area contributed by atoms with Crippen LogP contribution in [-0.2, 0) is 22.9 Å². The van der Waals surface area contributed by atoms with E-state index < -0.39 is 17.6 Å². The molecular formula is C23H30F3N5O. The summed E-state index contributed by atoms with van der Waals surface area (Å²) in [6.07, 6.45) is 1.82. The molecule has 3 heterocycles. The number of anilines is 1. The van der Waals surface area contributed by atoms with Gasteiger partial charge in [0.2, 0.25) is 0 Å². The van der Waals surface area contributed by atoms with Crippen molar-refractivity contribution in [2.75, 3.05) is 38.6 Å². The summed E-state index contributed by atoms with van der Waals surface area (Å²) in [6.45, 7) is 8.81. The molecule has 0 amide bonds. The smallest absolute Gasteiger partial charge is 0.383 e. The molecule has 2 aromatic rings. The van der Waals surface area contributed by atoms with Crippen molar-refractivity contribution in [3.05, 3.63) is 29.8 Å². The number of imidazole rings is 1. The Morgan fingerprint density at radius 1 is 1.25 bits per heavy atom. The van der Waals surface area contributed by atoms with Crippen molar-refractivity contribution in [2.45, 2.75) is 44.8 Å². The molecule has 32 heavy (non-hydrogen) atoms. The lowest BCUT2D eigenvalue weighted by Gasteiger charge is -2.70. The Hall–Kier alpha value is -2.13. The second-order valence-electron chi connectivity index (χ2n) is 9.96. The van der Waals surface area contributed by atoms with Crippen molar-refractivity contribution >= 4 is 5.82 Å². The highest BCUT2D eigenvalue weighted by atomic mass is 19.4. The molecule has 2 N–H and O–H groups in total. The zero-order chi connectivity index (χ0) is 22.7. The number of ether oxygens (including phenoxy) is 1. The summed E-state index contributed by atoms with van der Waals surface area (Å²) in [5, 5.41) is 0. The monoisotopic (exact) mass is 449 g/mol. The number of morpholine rings is 1. The third-order valence-corrected chi connectivity index (χ3v) is 7.42. The number of pyridine rings is 1. The lowest BCUT2D eigenvalue weighted by Crippen LogP contribution is -2.70. The highest BCUT2D eigenvalue weighted by molar-refractivity contribution is 5.62. The van der Waals surface area contributed by atoms with Gasteiger partial charge in [-0.15, -0.1) is 0 Å². The molecule has 1 aliphatic heterocycles. The Kier molecular flexibility index (Phi) is 5.24. The number of rotatable bonds is 6. The van der Waals surface area contributed by atoms with E-state index in [1.54, 1.807) is 0 Å². The highest BCUT2D eigenvalue weighted by Crippen LogP contribution is 2.67. The minimum Gasteiger partial charge on any atom is -0.383 e. The molecule has 0 radical (unpaired) electrons. The molecule has 1 atom stereocenters.